The monoisotopic (exact) mass is 530 g/mol. The van der Waals surface area contributed by atoms with Crippen molar-refractivity contribution in [2.45, 2.75) is 136 Å². The quantitative estimate of drug-likeness (QED) is 0.164. The van der Waals surface area contributed by atoms with Crippen LogP contribution in [0.3, 0.4) is 0 Å². The van der Waals surface area contributed by atoms with Gasteiger partial charge in [-0.2, -0.15) is 0 Å². The number of fused-ring (bicyclic) bond motifs is 5. The van der Waals surface area contributed by atoms with Crippen molar-refractivity contribution < 1.29 is 14.6 Å². The zero-order valence-electron chi connectivity index (χ0n) is 25.4. The molecule has 0 amide bonds. The van der Waals surface area contributed by atoms with E-state index in [1.165, 1.54) is 51.9 Å². The molecule has 4 rings (SSSR count). The van der Waals surface area contributed by atoms with E-state index in [1.807, 2.05) is 0 Å². The van der Waals surface area contributed by atoms with Crippen LogP contribution in [0, 0.1) is 40.4 Å². The van der Waals surface area contributed by atoms with Crippen molar-refractivity contribution in [1.29, 1.82) is 0 Å². The van der Waals surface area contributed by atoms with Gasteiger partial charge in [-0.3, -0.25) is 4.79 Å². The third-order valence-electron chi connectivity index (χ3n) is 11.8. The number of carbonyl (C=O) groups is 1. The highest BCUT2D eigenvalue weighted by Crippen LogP contribution is 2.67. The zero-order chi connectivity index (χ0) is 27.7. The first-order chi connectivity index (χ1) is 18.0. The van der Waals surface area contributed by atoms with E-state index in [-0.39, 0.29) is 23.5 Å². The first kappa shape index (κ1) is 30.1. The molecular formula is C33H58N2O3. The summed E-state index contributed by atoms with van der Waals surface area (Å²) >= 11 is 0. The van der Waals surface area contributed by atoms with Gasteiger partial charge in [-0.1, -0.05) is 65.5 Å². The molecule has 3 saturated carbocycles. The smallest absolute Gasteiger partial charge is 0.302 e. The van der Waals surface area contributed by atoms with Crippen molar-refractivity contribution in [3.05, 3.63) is 11.6 Å². The Kier molecular flexibility index (Phi) is 9.42. The Morgan fingerprint density at radius 2 is 1.84 bits per heavy atom. The molecule has 4 N–H and O–H groups in total. The zero-order valence-corrected chi connectivity index (χ0v) is 25.4. The molecule has 38 heavy (non-hydrogen) atoms. The van der Waals surface area contributed by atoms with Gasteiger partial charge in [0.2, 0.25) is 0 Å². The standard InChI is InChI=1S/C33H58N2O3/c1-22(2)10-9-11-23(3)27-12-13-28-26-20-30(35-19-8-7-18-34)33(37)21-25(38-24(4)36)14-17-32(33,6)29(26)15-16-31(27,28)5/h20,22-23,25,27-30,35,37H,7-19,21,34H2,1-6H3/t23-,25?,27-,28+,29+,30?,31-,32-,33?/m1/s1. The maximum absolute atomic E-state index is 12.6. The van der Waals surface area contributed by atoms with Crippen LogP contribution in [-0.2, 0) is 9.53 Å². The van der Waals surface area contributed by atoms with Crippen LogP contribution in [0.15, 0.2) is 11.6 Å². The number of ether oxygens (including phenoxy) is 1. The van der Waals surface area contributed by atoms with Crippen molar-refractivity contribution in [2.75, 3.05) is 13.1 Å². The summed E-state index contributed by atoms with van der Waals surface area (Å²) in [5.74, 6) is 3.17. The van der Waals surface area contributed by atoms with Crippen molar-refractivity contribution in [2.24, 2.45) is 46.2 Å². The molecular weight excluding hydrogens is 472 g/mol. The van der Waals surface area contributed by atoms with Crippen LogP contribution in [0.5, 0.6) is 0 Å². The lowest BCUT2D eigenvalue weighted by molar-refractivity contribution is -0.192. The predicted molar refractivity (Wildman–Crippen MR) is 156 cm³/mol. The molecule has 0 heterocycles. The van der Waals surface area contributed by atoms with E-state index in [0.29, 0.717) is 30.2 Å². The normalized spacial score (nSPS) is 41.2. The second-order valence-corrected chi connectivity index (χ2v) is 14.5. The van der Waals surface area contributed by atoms with Gasteiger partial charge < -0.3 is 20.9 Å². The fraction of sp³-hybridized carbons (Fsp3) is 0.909. The van der Waals surface area contributed by atoms with Gasteiger partial charge in [-0.05, 0) is 99.5 Å². The number of unbranched alkanes of at least 4 members (excludes halogenated alkanes) is 1. The molecule has 4 aliphatic carbocycles. The topological polar surface area (TPSA) is 84.6 Å². The minimum atomic E-state index is -0.919. The third-order valence-corrected chi connectivity index (χ3v) is 11.8. The van der Waals surface area contributed by atoms with E-state index in [0.717, 1.165) is 50.0 Å². The summed E-state index contributed by atoms with van der Waals surface area (Å²) in [6.45, 7) is 15.2. The van der Waals surface area contributed by atoms with Crippen LogP contribution >= 0.6 is 0 Å². The molecule has 5 heteroatoms. The molecule has 4 aliphatic rings. The molecule has 0 spiro atoms. The van der Waals surface area contributed by atoms with Gasteiger partial charge in [-0.15, -0.1) is 0 Å². The molecule has 9 atom stereocenters. The number of aliphatic hydroxyl groups is 1. The van der Waals surface area contributed by atoms with Gasteiger partial charge in [0.25, 0.3) is 0 Å². The van der Waals surface area contributed by atoms with Gasteiger partial charge >= 0.3 is 5.97 Å². The van der Waals surface area contributed by atoms with Gasteiger partial charge in [0.15, 0.2) is 0 Å². The number of hydrogen-bond donors (Lipinski definition) is 3. The second kappa shape index (κ2) is 11.9. The van der Waals surface area contributed by atoms with Crippen molar-refractivity contribution in [3.63, 3.8) is 0 Å². The van der Waals surface area contributed by atoms with Gasteiger partial charge in [0.05, 0.1) is 11.6 Å². The number of hydrogen-bond acceptors (Lipinski definition) is 5. The highest BCUT2D eigenvalue weighted by atomic mass is 16.5. The van der Waals surface area contributed by atoms with Crippen LogP contribution < -0.4 is 11.1 Å². The average Bonchev–Trinajstić information content (AvgIpc) is 3.20. The summed E-state index contributed by atoms with van der Waals surface area (Å²) in [5.41, 5.74) is 6.65. The van der Waals surface area contributed by atoms with Gasteiger partial charge in [0.1, 0.15) is 6.10 Å². The average molecular weight is 531 g/mol. The molecule has 3 unspecified atom stereocenters. The number of rotatable bonds is 11. The Labute approximate surface area is 233 Å². The number of carbonyl (C=O) groups excluding carboxylic acids is 1. The van der Waals surface area contributed by atoms with E-state index in [1.54, 1.807) is 5.57 Å². The van der Waals surface area contributed by atoms with E-state index >= 15 is 0 Å². The lowest BCUT2D eigenvalue weighted by Gasteiger charge is -2.63. The lowest BCUT2D eigenvalue weighted by Crippen LogP contribution is -2.68. The molecule has 0 aromatic rings. The first-order valence-corrected chi connectivity index (χ1v) is 16.0. The highest BCUT2D eigenvalue weighted by molar-refractivity contribution is 5.66. The Morgan fingerprint density at radius 3 is 2.53 bits per heavy atom. The molecule has 0 aromatic heterocycles. The summed E-state index contributed by atoms with van der Waals surface area (Å²) in [7, 11) is 0. The van der Waals surface area contributed by atoms with Crippen LogP contribution in [-0.4, -0.2) is 41.9 Å². The summed E-state index contributed by atoms with van der Waals surface area (Å²) < 4.78 is 5.69. The Bertz CT molecular complexity index is 857. The molecule has 0 aliphatic heterocycles. The Hall–Kier alpha value is -0.910. The highest BCUT2D eigenvalue weighted by Gasteiger charge is 2.65. The van der Waals surface area contributed by atoms with E-state index in [4.69, 9.17) is 10.5 Å². The van der Waals surface area contributed by atoms with Crippen molar-refractivity contribution >= 4 is 5.97 Å². The minimum absolute atomic E-state index is 0.111. The number of allylic oxidation sites excluding steroid dienone is 1. The van der Waals surface area contributed by atoms with Crippen LogP contribution in [0.1, 0.15) is 119 Å². The van der Waals surface area contributed by atoms with Crippen molar-refractivity contribution in [1.82, 2.24) is 5.32 Å². The minimum Gasteiger partial charge on any atom is -0.462 e. The largest absolute Gasteiger partial charge is 0.462 e. The maximum atomic E-state index is 12.6. The number of nitrogens with two attached hydrogens (primary N) is 1. The van der Waals surface area contributed by atoms with Crippen molar-refractivity contribution in [3.8, 4) is 0 Å². The van der Waals surface area contributed by atoms with Crippen LogP contribution in [0.2, 0.25) is 0 Å². The van der Waals surface area contributed by atoms with Crippen LogP contribution in [0.25, 0.3) is 0 Å². The Balaban J connectivity index is 1.61. The molecule has 5 nitrogen and oxygen atoms in total. The third kappa shape index (κ3) is 5.50. The molecule has 0 saturated heterocycles. The summed E-state index contributed by atoms with van der Waals surface area (Å²) in [6.07, 6.45) is 15.7. The maximum Gasteiger partial charge on any atom is 0.302 e. The Morgan fingerprint density at radius 1 is 1.08 bits per heavy atom. The molecule has 0 aromatic carbocycles. The fourth-order valence-electron chi connectivity index (χ4n) is 9.68. The number of esters is 1. The van der Waals surface area contributed by atoms with Crippen LogP contribution in [0.4, 0.5) is 0 Å². The molecule has 0 radical (unpaired) electrons. The lowest BCUT2D eigenvalue weighted by atomic mass is 9.45. The SMILES string of the molecule is CC(=O)OC1CC[C@]2(C)[C@H]3CC[C@]4(C)[C@@H]([C@H](C)CCCC(C)C)CC[C@H]4C3=CC(NCCCCN)C2(O)C1. The summed E-state index contributed by atoms with van der Waals surface area (Å²) in [6, 6.07) is -0.111. The van der Waals surface area contributed by atoms with Gasteiger partial charge in [-0.25, -0.2) is 0 Å². The summed E-state index contributed by atoms with van der Waals surface area (Å²) in [5, 5.41) is 16.3. The molecule has 3 fully saturated rings. The predicted octanol–water partition coefficient (Wildman–Crippen LogP) is 6.38. The summed E-state index contributed by atoms with van der Waals surface area (Å²) in [4.78, 5) is 11.8. The second-order valence-electron chi connectivity index (χ2n) is 14.5. The van der Waals surface area contributed by atoms with E-state index < -0.39 is 5.60 Å². The van der Waals surface area contributed by atoms with Gasteiger partial charge in [0, 0.05) is 18.8 Å². The number of nitrogens with one attached hydrogen (secondary N) is 1. The molecule has 218 valence electrons. The van der Waals surface area contributed by atoms with E-state index in [2.05, 4.69) is 46.0 Å². The fourth-order valence-corrected chi connectivity index (χ4v) is 9.68. The first-order valence-electron chi connectivity index (χ1n) is 16.0. The molecule has 0 bridgehead atoms. The van der Waals surface area contributed by atoms with E-state index in [9.17, 15) is 9.90 Å².